The molecule has 1 amide bonds. The third-order valence-electron chi connectivity index (χ3n) is 5.07. The number of hydrogen-bond acceptors (Lipinski definition) is 4. The molecule has 1 aliphatic rings. The summed E-state index contributed by atoms with van der Waals surface area (Å²) in [4.78, 5) is 16.9. The molecule has 0 spiro atoms. The highest BCUT2D eigenvalue weighted by Crippen LogP contribution is 2.14. The van der Waals surface area contributed by atoms with Crippen molar-refractivity contribution in [2.75, 3.05) is 39.3 Å². The van der Waals surface area contributed by atoms with E-state index in [1.807, 2.05) is 35.2 Å². The first-order valence-corrected chi connectivity index (χ1v) is 11.1. The predicted molar refractivity (Wildman–Crippen MR) is 110 cm³/mol. The van der Waals surface area contributed by atoms with Crippen LogP contribution in [0.4, 0.5) is 0 Å². The second kappa shape index (κ2) is 9.32. The van der Waals surface area contributed by atoms with E-state index in [-0.39, 0.29) is 10.8 Å². The molecule has 0 saturated carbocycles. The van der Waals surface area contributed by atoms with E-state index in [1.54, 1.807) is 12.1 Å². The van der Waals surface area contributed by atoms with Gasteiger partial charge in [0, 0.05) is 38.3 Å². The van der Waals surface area contributed by atoms with Gasteiger partial charge >= 0.3 is 0 Å². The average Bonchev–Trinajstić information content (AvgIpc) is 2.74. The number of rotatable bonds is 7. The molecule has 2 aromatic rings. The number of carbonyl (C=O) groups is 1. The minimum Gasteiger partial charge on any atom is -0.336 e. The number of carbonyl (C=O) groups excluding carboxylic acids is 1. The van der Waals surface area contributed by atoms with Crippen molar-refractivity contribution in [2.45, 2.75) is 18.2 Å². The second-order valence-electron chi connectivity index (χ2n) is 6.88. The summed E-state index contributed by atoms with van der Waals surface area (Å²) >= 11 is 0. The van der Waals surface area contributed by atoms with E-state index in [0.717, 1.165) is 25.2 Å². The maximum atomic E-state index is 12.6. The first-order valence-electron chi connectivity index (χ1n) is 9.65. The molecule has 0 aliphatic carbocycles. The van der Waals surface area contributed by atoms with E-state index in [4.69, 9.17) is 0 Å². The van der Waals surface area contributed by atoms with Crippen molar-refractivity contribution in [1.29, 1.82) is 0 Å². The topological polar surface area (TPSA) is 69.7 Å². The molecule has 0 radical (unpaired) electrons. The van der Waals surface area contributed by atoms with Crippen molar-refractivity contribution in [3.8, 4) is 0 Å². The highest BCUT2D eigenvalue weighted by molar-refractivity contribution is 7.89. The number of hydrogen-bond donors (Lipinski definition) is 1. The summed E-state index contributed by atoms with van der Waals surface area (Å²) in [5.74, 6) is -0.0447. The van der Waals surface area contributed by atoms with Crippen LogP contribution in [0.1, 0.15) is 22.8 Å². The zero-order valence-corrected chi connectivity index (χ0v) is 17.0. The van der Waals surface area contributed by atoms with Gasteiger partial charge in [-0.3, -0.25) is 4.79 Å². The van der Waals surface area contributed by atoms with Crippen LogP contribution in [-0.4, -0.2) is 63.4 Å². The molecular formula is C21H27N3O3S. The molecule has 1 heterocycles. The minimum absolute atomic E-state index is 0.0447. The number of benzene rings is 2. The summed E-state index contributed by atoms with van der Waals surface area (Å²) in [5, 5.41) is 0. The van der Waals surface area contributed by atoms with E-state index >= 15 is 0 Å². The molecule has 0 bridgehead atoms. The van der Waals surface area contributed by atoms with Crippen molar-refractivity contribution in [1.82, 2.24) is 14.5 Å². The first-order chi connectivity index (χ1) is 13.5. The van der Waals surface area contributed by atoms with Gasteiger partial charge in [-0.1, -0.05) is 37.3 Å². The number of nitrogens with one attached hydrogen (secondary N) is 1. The lowest BCUT2D eigenvalue weighted by atomic mass is 10.2. The maximum Gasteiger partial charge on any atom is 0.253 e. The summed E-state index contributed by atoms with van der Waals surface area (Å²) in [6.45, 7) is 6.59. The Bertz CT molecular complexity index is 875. The molecular weight excluding hydrogens is 374 g/mol. The molecule has 1 N–H and O–H groups in total. The van der Waals surface area contributed by atoms with Crippen LogP contribution in [0.3, 0.4) is 0 Å². The van der Waals surface area contributed by atoms with E-state index in [0.29, 0.717) is 31.6 Å². The fraction of sp³-hybridized carbons (Fsp3) is 0.381. The number of piperazine rings is 1. The molecule has 1 saturated heterocycles. The summed E-state index contributed by atoms with van der Waals surface area (Å²) in [7, 11) is -3.59. The van der Waals surface area contributed by atoms with Gasteiger partial charge in [0.15, 0.2) is 0 Å². The highest BCUT2D eigenvalue weighted by Gasteiger charge is 2.22. The Labute approximate surface area is 167 Å². The fourth-order valence-corrected chi connectivity index (χ4v) is 4.32. The summed E-state index contributed by atoms with van der Waals surface area (Å²) in [6, 6.07) is 15.9. The van der Waals surface area contributed by atoms with Crippen molar-refractivity contribution >= 4 is 15.9 Å². The third-order valence-corrected chi connectivity index (χ3v) is 6.54. The van der Waals surface area contributed by atoms with Gasteiger partial charge < -0.3 is 9.80 Å². The minimum atomic E-state index is -3.59. The second-order valence-corrected chi connectivity index (χ2v) is 8.65. The molecule has 7 heteroatoms. The van der Waals surface area contributed by atoms with Gasteiger partial charge in [-0.25, -0.2) is 13.1 Å². The van der Waals surface area contributed by atoms with Gasteiger partial charge in [-0.2, -0.15) is 0 Å². The molecule has 3 rings (SSSR count). The van der Waals surface area contributed by atoms with Gasteiger partial charge in [0.2, 0.25) is 10.0 Å². The molecule has 0 aromatic heterocycles. The Morgan fingerprint density at radius 3 is 2.21 bits per heavy atom. The first kappa shape index (κ1) is 20.5. The lowest BCUT2D eigenvalue weighted by Gasteiger charge is -2.34. The van der Waals surface area contributed by atoms with Crippen LogP contribution in [0.5, 0.6) is 0 Å². The fourth-order valence-electron chi connectivity index (χ4n) is 3.28. The Morgan fingerprint density at radius 1 is 0.964 bits per heavy atom. The zero-order chi connectivity index (χ0) is 20.0. The Balaban J connectivity index is 1.57. The van der Waals surface area contributed by atoms with Crippen LogP contribution >= 0.6 is 0 Å². The largest absolute Gasteiger partial charge is 0.336 e. The average molecular weight is 402 g/mol. The SMILES string of the molecule is CCN1CCN(C(=O)c2ccc(S(=O)(=O)NCCc3ccccc3)cc2)CC1. The van der Waals surface area contributed by atoms with Crippen LogP contribution in [-0.2, 0) is 16.4 Å². The lowest BCUT2D eigenvalue weighted by Crippen LogP contribution is -2.48. The van der Waals surface area contributed by atoms with Gasteiger partial charge in [-0.05, 0) is 42.8 Å². The van der Waals surface area contributed by atoms with Crippen LogP contribution < -0.4 is 4.72 Å². The van der Waals surface area contributed by atoms with Crippen LogP contribution in [0.25, 0.3) is 0 Å². The molecule has 1 fully saturated rings. The molecule has 1 aliphatic heterocycles. The van der Waals surface area contributed by atoms with E-state index in [2.05, 4.69) is 16.5 Å². The van der Waals surface area contributed by atoms with Gasteiger partial charge in [0.1, 0.15) is 0 Å². The van der Waals surface area contributed by atoms with E-state index in [9.17, 15) is 13.2 Å². The molecule has 28 heavy (non-hydrogen) atoms. The summed E-state index contributed by atoms with van der Waals surface area (Å²) in [6.07, 6.45) is 0.625. The Morgan fingerprint density at radius 2 is 1.61 bits per heavy atom. The predicted octanol–water partition coefficient (Wildman–Crippen LogP) is 1.99. The van der Waals surface area contributed by atoms with Crippen molar-refractivity contribution in [3.05, 3.63) is 65.7 Å². The number of sulfonamides is 1. The van der Waals surface area contributed by atoms with Crippen LogP contribution in [0.2, 0.25) is 0 Å². The monoisotopic (exact) mass is 401 g/mol. The molecule has 6 nitrogen and oxygen atoms in total. The summed E-state index contributed by atoms with van der Waals surface area (Å²) in [5.41, 5.74) is 1.60. The third kappa shape index (κ3) is 5.19. The van der Waals surface area contributed by atoms with Crippen molar-refractivity contribution < 1.29 is 13.2 Å². The van der Waals surface area contributed by atoms with Gasteiger partial charge in [0.05, 0.1) is 4.90 Å². The molecule has 0 atom stereocenters. The lowest BCUT2D eigenvalue weighted by molar-refractivity contribution is 0.0643. The van der Waals surface area contributed by atoms with Crippen LogP contribution in [0, 0.1) is 0 Å². The normalized spacial score (nSPS) is 15.5. The Kier molecular flexibility index (Phi) is 6.83. The smallest absolute Gasteiger partial charge is 0.253 e. The molecule has 0 unspecified atom stereocenters. The molecule has 150 valence electrons. The van der Waals surface area contributed by atoms with Crippen molar-refractivity contribution in [3.63, 3.8) is 0 Å². The van der Waals surface area contributed by atoms with E-state index < -0.39 is 10.0 Å². The van der Waals surface area contributed by atoms with E-state index in [1.165, 1.54) is 12.1 Å². The zero-order valence-electron chi connectivity index (χ0n) is 16.2. The number of likely N-dealkylation sites (N-methyl/N-ethyl adjacent to an activating group) is 1. The summed E-state index contributed by atoms with van der Waals surface area (Å²) < 4.78 is 27.5. The quantitative estimate of drug-likeness (QED) is 0.770. The van der Waals surface area contributed by atoms with Crippen molar-refractivity contribution in [2.24, 2.45) is 0 Å². The highest BCUT2D eigenvalue weighted by atomic mass is 32.2. The number of amides is 1. The van der Waals surface area contributed by atoms with Gasteiger partial charge in [-0.15, -0.1) is 0 Å². The Hall–Kier alpha value is -2.22. The standard InChI is InChI=1S/C21H27N3O3S/c1-2-23-14-16-24(17-15-23)21(25)19-8-10-20(11-9-19)28(26,27)22-13-12-18-6-4-3-5-7-18/h3-11,22H,2,12-17H2,1H3. The van der Waals surface area contributed by atoms with Gasteiger partial charge in [0.25, 0.3) is 5.91 Å². The molecule has 2 aromatic carbocycles. The van der Waals surface area contributed by atoms with Crippen LogP contribution in [0.15, 0.2) is 59.5 Å². The number of nitrogens with zero attached hydrogens (tertiary/aromatic N) is 2. The maximum absolute atomic E-state index is 12.6.